The highest BCUT2D eigenvalue weighted by molar-refractivity contribution is 6.31. The number of fused-ring (bicyclic) bond motifs is 1. The van der Waals surface area contributed by atoms with Gasteiger partial charge in [0.1, 0.15) is 5.02 Å². The van der Waals surface area contributed by atoms with Gasteiger partial charge in [0, 0.05) is 42.8 Å². The first-order valence-corrected chi connectivity index (χ1v) is 11.3. The van der Waals surface area contributed by atoms with E-state index in [0.717, 1.165) is 48.3 Å². The molecule has 3 heterocycles. The Morgan fingerprint density at radius 3 is 2.65 bits per heavy atom. The standard InChI is InChI=1S/C25H29ClN4O/c1-15(2)22-19-12-18(17-8-10-30(11-9-17)14-27-4)6-7-21(19)28-24(22)20-13-29(5)25(31)23(26)16(20)3/h6-7,12-13,15,17,28H,8-11,14H2,1-3,5H3. The summed E-state index contributed by atoms with van der Waals surface area (Å²) in [5.41, 5.74) is 6.41. The van der Waals surface area contributed by atoms with E-state index in [1.54, 1.807) is 11.6 Å². The van der Waals surface area contributed by atoms with Crippen LogP contribution in [0, 0.1) is 13.5 Å². The molecule has 1 saturated heterocycles. The number of aromatic amines is 1. The highest BCUT2D eigenvalue weighted by Gasteiger charge is 2.24. The molecule has 0 atom stereocenters. The van der Waals surface area contributed by atoms with Gasteiger partial charge in [-0.2, -0.15) is 0 Å². The van der Waals surface area contributed by atoms with E-state index in [1.807, 2.05) is 13.1 Å². The molecular weight excluding hydrogens is 408 g/mol. The fourth-order valence-electron chi connectivity index (χ4n) is 4.84. The number of halogens is 1. The van der Waals surface area contributed by atoms with Crippen LogP contribution < -0.4 is 5.56 Å². The molecule has 0 amide bonds. The number of rotatable bonds is 4. The maximum atomic E-state index is 12.2. The lowest BCUT2D eigenvalue weighted by molar-refractivity contribution is 0.232. The van der Waals surface area contributed by atoms with Crippen molar-refractivity contribution in [1.29, 1.82) is 0 Å². The number of piperidine rings is 1. The van der Waals surface area contributed by atoms with Gasteiger partial charge >= 0.3 is 0 Å². The summed E-state index contributed by atoms with van der Waals surface area (Å²) in [6.45, 7) is 15.9. The van der Waals surface area contributed by atoms with E-state index in [2.05, 4.69) is 46.8 Å². The Kier molecular flexibility index (Phi) is 5.96. The van der Waals surface area contributed by atoms with E-state index in [9.17, 15) is 4.79 Å². The average Bonchev–Trinajstić information content (AvgIpc) is 3.14. The summed E-state index contributed by atoms with van der Waals surface area (Å²) in [6.07, 6.45) is 4.06. The fourth-order valence-corrected chi connectivity index (χ4v) is 5.07. The Bertz CT molecular complexity index is 1220. The summed E-state index contributed by atoms with van der Waals surface area (Å²) in [5.74, 6) is 0.841. The normalized spacial score (nSPS) is 15.6. The molecule has 0 saturated carbocycles. The molecule has 0 bridgehead atoms. The van der Waals surface area contributed by atoms with Gasteiger partial charge in [0.05, 0.1) is 5.69 Å². The molecule has 1 aromatic carbocycles. The number of benzene rings is 1. The number of hydrogen-bond donors (Lipinski definition) is 1. The largest absolute Gasteiger partial charge is 0.354 e. The Labute approximate surface area is 188 Å². The molecule has 1 aliphatic heterocycles. The molecule has 0 unspecified atom stereocenters. The van der Waals surface area contributed by atoms with Gasteiger partial charge in [-0.1, -0.05) is 31.5 Å². The molecule has 1 fully saturated rings. The minimum Gasteiger partial charge on any atom is -0.354 e. The van der Waals surface area contributed by atoms with Crippen LogP contribution in [0.3, 0.4) is 0 Å². The van der Waals surface area contributed by atoms with E-state index >= 15 is 0 Å². The molecule has 0 aliphatic carbocycles. The number of likely N-dealkylation sites (tertiary alicyclic amines) is 1. The Morgan fingerprint density at radius 2 is 2.00 bits per heavy atom. The average molecular weight is 437 g/mol. The van der Waals surface area contributed by atoms with Gasteiger partial charge in [-0.15, -0.1) is 0 Å². The predicted octanol–water partition coefficient (Wildman–Crippen LogP) is 5.68. The third-order valence-corrected chi connectivity index (χ3v) is 7.05. The van der Waals surface area contributed by atoms with Gasteiger partial charge in [-0.3, -0.25) is 9.64 Å². The zero-order chi connectivity index (χ0) is 22.3. The summed E-state index contributed by atoms with van der Waals surface area (Å²) >= 11 is 6.36. The van der Waals surface area contributed by atoms with Crippen molar-refractivity contribution in [3.8, 4) is 11.3 Å². The SMILES string of the molecule is [C-]#[N+]CN1CCC(c2ccc3[nH]c(-c4cn(C)c(=O)c(Cl)c4C)c(C(C)C)c3c2)CC1. The summed E-state index contributed by atoms with van der Waals surface area (Å²) < 4.78 is 1.56. The first-order chi connectivity index (χ1) is 14.8. The molecule has 6 heteroatoms. The maximum absolute atomic E-state index is 12.2. The molecule has 5 nitrogen and oxygen atoms in total. The Morgan fingerprint density at radius 1 is 1.29 bits per heavy atom. The number of H-pyrrole nitrogens is 1. The number of nitrogens with zero attached hydrogens (tertiary/aromatic N) is 3. The van der Waals surface area contributed by atoms with Crippen molar-refractivity contribution >= 4 is 22.5 Å². The lowest BCUT2D eigenvalue weighted by Gasteiger charge is -2.28. The molecular formula is C25H29ClN4O. The van der Waals surface area contributed by atoms with Crippen LogP contribution in [0.5, 0.6) is 0 Å². The second-order valence-electron chi connectivity index (χ2n) is 8.96. The summed E-state index contributed by atoms with van der Waals surface area (Å²) in [7, 11) is 1.74. The number of pyridine rings is 1. The first kappa shape index (κ1) is 21.7. The van der Waals surface area contributed by atoms with Crippen LogP contribution in [0.15, 0.2) is 29.2 Å². The van der Waals surface area contributed by atoms with E-state index in [-0.39, 0.29) is 10.6 Å². The second kappa shape index (κ2) is 8.53. The number of aromatic nitrogens is 2. The molecule has 1 N–H and O–H groups in total. The van der Waals surface area contributed by atoms with Crippen molar-refractivity contribution in [3.05, 3.63) is 67.9 Å². The van der Waals surface area contributed by atoms with Gasteiger partial charge in [-0.05, 0) is 60.4 Å². The molecule has 31 heavy (non-hydrogen) atoms. The Hall–Kier alpha value is -2.55. The minimum atomic E-state index is -0.169. The zero-order valence-electron chi connectivity index (χ0n) is 18.6. The van der Waals surface area contributed by atoms with Gasteiger partial charge in [0.25, 0.3) is 12.2 Å². The maximum Gasteiger partial charge on any atom is 0.270 e. The van der Waals surface area contributed by atoms with E-state index in [0.29, 0.717) is 18.5 Å². The summed E-state index contributed by atoms with van der Waals surface area (Å²) in [6, 6.07) is 6.77. The molecule has 0 spiro atoms. The molecule has 0 radical (unpaired) electrons. The number of aryl methyl sites for hydroxylation is 1. The van der Waals surface area contributed by atoms with Gasteiger partial charge in [0.2, 0.25) is 0 Å². The lowest BCUT2D eigenvalue weighted by Crippen LogP contribution is -2.32. The highest BCUT2D eigenvalue weighted by atomic mass is 35.5. The lowest BCUT2D eigenvalue weighted by atomic mass is 9.87. The van der Waals surface area contributed by atoms with Crippen molar-refractivity contribution in [3.63, 3.8) is 0 Å². The minimum absolute atomic E-state index is 0.169. The molecule has 1 aliphatic rings. The van der Waals surface area contributed by atoms with Crippen LogP contribution in [-0.4, -0.2) is 34.2 Å². The van der Waals surface area contributed by atoms with Crippen molar-refractivity contribution in [2.24, 2.45) is 7.05 Å². The van der Waals surface area contributed by atoms with E-state index in [4.69, 9.17) is 18.2 Å². The van der Waals surface area contributed by atoms with Crippen LogP contribution in [0.4, 0.5) is 0 Å². The highest BCUT2D eigenvalue weighted by Crippen LogP contribution is 2.39. The molecule has 2 aromatic heterocycles. The quantitative estimate of drug-likeness (QED) is 0.535. The van der Waals surface area contributed by atoms with E-state index < -0.39 is 0 Å². The van der Waals surface area contributed by atoms with Crippen molar-refractivity contribution in [2.75, 3.05) is 19.8 Å². The third-order valence-electron chi connectivity index (χ3n) is 6.60. The van der Waals surface area contributed by atoms with Gasteiger partial charge in [0.15, 0.2) is 0 Å². The van der Waals surface area contributed by atoms with Crippen LogP contribution >= 0.6 is 11.6 Å². The fraction of sp³-hybridized carbons (Fsp3) is 0.440. The zero-order valence-corrected chi connectivity index (χ0v) is 19.4. The third kappa shape index (κ3) is 3.91. The monoisotopic (exact) mass is 436 g/mol. The van der Waals surface area contributed by atoms with Crippen LogP contribution in [0.25, 0.3) is 27.0 Å². The molecule has 3 aromatic rings. The van der Waals surface area contributed by atoms with Crippen molar-refractivity contribution in [2.45, 2.75) is 45.4 Å². The smallest absolute Gasteiger partial charge is 0.270 e. The Balaban J connectivity index is 1.79. The predicted molar refractivity (Wildman–Crippen MR) is 128 cm³/mol. The number of nitrogens with one attached hydrogen (secondary N) is 1. The number of hydrogen-bond acceptors (Lipinski definition) is 2. The first-order valence-electron chi connectivity index (χ1n) is 10.9. The molecule has 4 rings (SSSR count). The van der Waals surface area contributed by atoms with Crippen LogP contribution in [0.2, 0.25) is 5.02 Å². The topological polar surface area (TPSA) is 45.4 Å². The van der Waals surface area contributed by atoms with Gasteiger partial charge < -0.3 is 9.55 Å². The van der Waals surface area contributed by atoms with Crippen LogP contribution in [-0.2, 0) is 7.05 Å². The second-order valence-corrected chi connectivity index (χ2v) is 9.34. The van der Waals surface area contributed by atoms with Crippen molar-refractivity contribution in [1.82, 2.24) is 14.5 Å². The van der Waals surface area contributed by atoms with Crippen LogP contribution in [0.1, 0.15) is 55.2 Å². The van der Waals surface area contributed by atoms with E-state index in [1.165, 1.54) is 16.5 Å². The molecule has 162 valence electrons. The summed E-state index contributed by atoms with van der Waals surface area (Å²) in [5, 5.41) is 1.52. The van der Waals surface area contributed by atoms with Gasteiger partial charge in [-0.25, -0.2) is 11.5 Å². The van der Waals surface area contributed by atoms with Crippen molar-refractivity contribution < 1.29 is 0 Å². The summed E-state index contributed by atoms with van der Waals surface area (Å²) in [4.78, 5) is 21.6.